The van der Waals surface area contributed by atoms with E-state index in [-0.39, 0.29) is 0 Å². The zero-order chi connectivity index (χ0) is 29.0. The summed E-state index contributed by atoms with van der Waals surface area (Å²) in [5.41, 5.74) is 10.6. The highest BCUT2D eigenvalue weighted by atomic mass is 15.0. The Kier molecular flexibility index (Phi) is 5.50. The molecule has 0 saturated carbocycles. The molecule has 1 aliphatic carbocycles. The Morgan fingerprint density at radius 1 is 0.273 bits per heavy atom. The van der Waals surface area contributed by atoms with E-state index in [4.69, 9.17) is 15.0 Å². The molecular weight excluding hydrogens is 534 g/mol. The minimum Gasteiger partial charge on any atom is -0.208 e. The molecule has 0 saturated heterocycles. The monoisotopic (exact) mass is 559 g/mol. The zero-order valence-electron chi connectivity index (χ0n) is 23.8. The number of hydrogen-bond donors (Lipinski definition) is 0. The molecular formula is C41H25N3. The van der Waals surface area contributed by atoms with E-state index >= 15 is 0 Å². The van der Waals surface area contributed by atoms with Gasteiger partial charge in [0.25, 0.3) is 0 Å². The normalized spacial score (nSPS) is 11.6. The van der Waals surface area contributed by atoms with Crippen LogP contribution >= 0.6 is 0 Å². The summed E-state index contributed by atoms with van der Waals surface area (Å²) in [7, 11) is 0. The predicted octanol–water partition coefficient (Wildman–Crippen LogP) is 10.5. The topological polar surface area (TPSA) is 38.7 Å². The third kappa shape index (κ3) is 4.02. The number of benzene rings is 7. The number of aromatic nitrogens is 3. The Bertz CT molecular complexity index is 2320. The van der Waals surface area contributed by atoms with Crippen LogP contribution in [-0.2, 0) is 0 Å². The molecule has 3 heteroatoms. The van der Waals surface area contributed by atoms with Crippen LogP contribution in [0, 0.1) is 0 Å². The lowest BCUT2D eigenvalue weighted by Gasteiger charge is -2.11. The first kappa shape index (κ1) is 24.6. The van der Waals surface area contributed by atoms with Gasteiger partial charge in [-0.2, -0.15) is 0 Å². The molecule has 1 heterocycles. The van der Waals surface area contributed by atoms with Gasteiger partial charge in [0.05, 0.1) is 0 Å². The summed E-state index contributed by atoms with van der Waals surface area (Å²) in [4.78, 5) is 14.7. The molecule has 9 rings (SSSR count). The van der Waals surface area contributed by atoms with Crippen molar-refractivity contribution in [2.45, 2.75) is 0 Å². The van der Waals surface area contributed by atoms with Crippen molar-refractivity contribution in [3.63, 3.8) is 0 Å². The zero-order valence-corrected chi connectivity index (χ0v) is 23.8. The largest absolute Gasteiger partial charge is 0.208 e. The van der Waals surface area contributed by atoms with Crippen molar-refractivity contribution in [3.05, 3.63) is 152 Å². The Morgan fingerprint density at radius 2 is 0.773 bits per heavy atom. The summed E-state index contributed by atoms with van der Waals surface area (Å²) in [5.74, 6) is 1.99. The van der Waals surface area contributed by atoms with Crippen molar-refractivity contribution in [3.8, 4) is 67.5 Å². The molecule has 7 aromatic carbocycles. The Morgan fingerprint density at radius 3 is 1.43 bits per heavy atom. The van der Waals surface area contributed by atoms with Gasteiger partial charge in [-0.25, -0.2) is 15.0 Å². The van der Waals surface area contributed by atoms with Gasteiger partial charge in [-0.3, -0.25) is 0 Å². The first-order valence-corrected chi connectivity index (χ1v) is 14.9. The molecule has 0 spiro atoms. The molecule has 3 nitrogen and oxygen atoms in total. The fraction of sp³-hybridized carbons (Fsp3) is 0. The van der Waals surface area contributed by atoms with Crippen LogP contribution in [0.3, 0.4) is 0 Å². The van der Waals surface area contributed by atoms with Crippen LogP contribution in [0.2, 0.25) is 0 Å². The molecule has 0 bridgehead atoms. The van der Waals surface area contributed by atoms with E-state index in [2.05, 4.69) is 91.0 Å². The fourth-order valence-electron chi connectivity index (χ4n) is 6.49. The minimum atomic E-state index is 0.663. The highest BCUT2D eigenvalue weighted by Crippen LogP contribution is 2.48. The molecule has 0 radical (unpaired) electrons. The molecule has 44 heavy (non-hydrogen) atoms. The van der Waals surface area contributed by atoms with Crippen molar-refractivity contribution >= 4 is 21.5 Å². The highest BCUT2D eigenvalue weighted by molar-refractivity contribution is 6.16. The van der Waals surface area contributed by atoms with Crippen molar-refractivity contribution in [2.75, 3.05) is 0 Å². The molecule has 0 unspecified atom stereocenters. The van der Waals surface area contributed by atoms with Gasteiger partial charge in [0.2, 0.25) is 0 Å². The molecule has 0 amide bonds. The van der Waals surface area contributed by atoms with Crippen molar-refractivity contribution < 1.29 is 0 Å². The second-order valence-electron chi connectivity index (χ2n) is 11.3. The summed E-state index contributed by atoms with van der Waals surface area (Å²) >= 11 is 0. The maximum atomic E-state index is 4.92. The highest BCUT2D eigenvalue weighted by Gasteiger charge is 2.21. The predicted molar refractivity (Wildman–Crippen MR) is 181 cm³/mol. The van der Waals surface area contributed by atoms with E-state index in [1.165, 1.54) is 49.5 Å². The Balaban J connectivity index is 1.14. The lowest BCUT2D eigenvalue weighted by atomic mass is 9.94. The first-order chi connectivity index (χ1) is 21.8. The molecule has 0 atom stereocenters. The molecule has 204 valence electrons. The van der Waals surface area contributed by atoms with E-state index < -0.39 is 0 Å². The van der Waals surface area contributed by atoms with Gasteiger partial charge in [0.1, 0.15) is 0 Å². The van der Waals surface area contributed by atoms with Crippen LogP contribution in [0.25, 0.3) is 89.1 Å². The van der Waals surface area contributed by atoms with Crippen molar-refractivity contribution in [1.29, 1.82) is 0 Å². The van der Waals surface area contributed by atoms with Gasteiger partial charge < -0.3 is 0 Å². The average Bonchev–Trinajstić information content (AvgIpc) is 3.43. The van der Waals surface area contributed by atoms with Gasteiger partial charge in [0, 0.05) is 16.7 Å². The maximum absolute atomic E-state index is 4.92. The minimum absolute atomic E-state index is 0.663. The Hall–Kier alpha value is -5.93. The fourth-order valence-corrected chi connectivity index (χ4v) is 6.49. The van der Waals surface area contributed by atoms with E-state index in [1.807, 2.05) is 60.7 Å². The van der Waals surface area contributed by atoms with E-state index in [9.17, 15) is 0 Å². The van der Waals surface area contributed by atoms with Gasteiger partial charge in [-0.1, -0.05) is 127 Å². The van der Waals surface area contributed by atoms with Crippen LogP contribution in [-0.4, -0.2) is 15.0 Å². The summed E-state index contributed by atoms with van der Waals surface area (Å²) < 4.78 is 0. The summed E-state index contributed by atoms with van der Waals surface area (Å²) in [6.07, 6.45) is 0. The van der Waals surface area contributed by atoms with E-state index in [1.54, 1.807) is 0 Å². The van der Waals surface area contributed by atoms with Crippen molar-refractivity contribution in [2.24, 2.45) is 0 Å². The third-order valence-corrected chi connectivity index (χ3v) is 8.62. The van der Waals surface area contributed by atoms with Gasteiger partial charge in [-0.15, -0.1) is 0 Å². The van der Waals surface area contributed by atoms with Crippen LogP contribution in [0.5, 0.6) is 0 Å². The van der Waals surface area contributed by atoms with E-state index in [0.29, 0.717) is 17.5 Å². The number of fused-ring (bicyclic) bond motifs is 4. The smallest absolute Gasteiger partial charge is 0.164 e. The molecule has 0 fully saturated rings. The molecule has 1 aromatic heterocycles. The molecule has 1 aliphatic rings. The second-order valence-corrected chi connectivity index (χ2v) is 11.3. The van der Waals surface area contributed by atoms with Crippen molar-refractivity contribution in [1.82, 2.24) is 15.0 Å². The van der Waals surface area contributed by atoms with Crippen LogP contribution in [0.4, 0.5) is 0 Å². The van der Waals surface area contributed by atoms with Crippen LogP contribution in [0.1, 0.15) is 0 Å². The van der Waals surface area contributed by atoms with E-state index in [0.717, 1.165) is 22.1 Å². The SMILES string of the molecule is c1ccc(-c2nc(-c3ccccc3)nc(-c3ccc4cc(-c5cc6c7c(cccc7c5)-c5ccccc5-6)ccc4c3)n2)cc1. The molecule has 8 aromatic rings. The van der Waals surface area contributed by atoms with Gasteiger partial charge >= 0.3 is 0 Å². The molecule has 0 aliphatic heterocycles. The number of nitrogens with zero attached hydrogens (tertiary/aromatic N) is 3. The average molecular weight is 560 g/mol. The van der Waals surface area contributed by atoms with Crippen LogP contribution in [0.15, 0.2) is 152 Å². The summed E-state index contributed by atoms with van der Waals surface area (Å²) in [6.45, 7) is 0. The number of hydrogen-bond acceptors (Lipinski definition) is 3. The first-order valence-electron chi connectivity index (χ1n) is 14.9. The summed E-state index contributed by atoms with van der Waals surface area (Å²) in [6, 6.07) is 53.4. The lowest BCUT2D eigenvalue weighted by molar-refractivity contribution is 1.07. The second kappa shape index (κ2) is 9.82. The van der Waals surface area contributed by atoms with Gasteiger partial charge in [-0.05, 0) is 79.2 Å². The molecule has 0 N–H and O–H groups in total. The lowest BCUT2D eigenvalue weighted by Crippen LogP contribution is -2.00. The number of rotatable bonds is 4. The Labute approximate surface area is 255 Å². The van der Waals surface area contributed by atoms with Crippen LogP contribution < -0.4 is 0 Å². The maximum Gasteiger partial charge on any atom is 0.164 e. The third-order valence-electron chi connectivity index (χ3n) is 8.62. The standard InChI is InChI=1S/C41H25N3/c1-3-10-26(11-4-1)39-42-40(27-12-5-2-6-13-27)44-41(43-39)32-21-20-28-22-30(19-18-29(28)23-32)33-24-31-14-9-17-36-34-15-7-8-16-35(34)37(25-33)38(31)36/h1-25H. The van der Waals surface area contributed by atoms with Gasteiger partial charge in [0.15, 0.2) is 17.5 Å². The quantitative estimate of drug-likeness (QED) is 0.215. The summed E-state index contributed by atoms with van der Waals surface area (Å²) in [5, 5.41) is 4.95.